The van der Waals surface area contributed by atoms with E-state index in [9.17, 15) is 4.79 Å². The number of nitrogens with one attached hydrogen (secondary N) is 3. The summed E-state index contributed by atoms with van der Waals surface area (Å²) in [6.07, 6.45) is 7.87. The lowest BCUT2D eigenvalue weighted by Crippen LogP contribution is -2.62. The smallest absolute Gasteiger partial charge is 0.252 e. The number of carbonyl (C=O) groups is 1. The van der Waals surface area contributed by atoms with Gasteiger partial charge in [0.1, 0.15) is 5.82 Å². The minimum Gasteiger partial charge on any atom is -0.349 e. The fourth-order valence-electron chi connectivity index (χ4n) is 4.63. The monoisotopic (exact) mass is 409 g/mol. The molecule has 2 aliphatic rings. The molecule has 1 aliphatic carbocycles. The minimum atomic E-state index is -0.103. The number of nitrogens with zero attached hydrogens (tertiary/aromatic N) is 2. The summed E-state index contributed by atoms with van der Waals surface area (Å²) >= 11 is 5.50. The number of hydrogen-bond donors (Lipinski definition) is 3. The number of rotatable bonds is 3. The molecule has 6 nitrogen and oxygen atoms in total. The van der Waals surface area contributed by atoms with Gasteiger partial charge in [0.15, 0.2) is 5.65 Å². The van der Waals surface area contributed by atoms with Gasteiger partial charge in [-0.1, -0.05) is 18.3 Å². The second-order valence-electron chi connectivity index (χ2n) is 9.28. The van der Waals surface area contributed by atoms with Crippen LogP contribution in [-0.4, -0.2) is 42.8 Å². The molecule has 3 heterocycles. The zero-order valence-corrected chi connectivity index (χ0v) is 18.1. The van der Waals surface area contributed by atoms with Gasteiger partial charge in [-0.15, -0.1) is 0 Å². The SMILES string of the molecule is CC1(C)CC(NC(=O)C2=CC(c3nc4ncccc4[nH]3)=CCC2=S)CC(C)(C)N1. The minimum absolute atomic E-state index is 0.0342. The van der Waals surface area contributed by atoms with E-state index in [0.29, 0.717) is 28.3 Å². The average molecular weight is 410 g/mol. The van der Waals surface area contributed by atoms with Crippen LogP contribution in [0.1, 0.15) is 52.8 Å². The molecule has 0 saturated carbocycles. The molecule has 1 saturated heterocycles. The van der Waals surface area contributed by atoms with Crippen LogP contribution >= 0.6 is 12.2 Å². The summed E-state index contributed by atoms with van der Waals surface area (Å²) in [6.45, 7) is 8.70. The Kier molecular flexibility index (Phi) is 4.91. The molecule has 0 bridgehead atoms. The molecular weight excluding hydrogens is 382 g/mol. The molecular formula is C22H27N5OS. The lowest BCUT2D eigenvalue weighted by molar-refractivity contribution is -0.118. The number of piperidine rings is 1. The van der Waals surface area contributed by atoms with Crippen molar-refractivity contribution < 1.29 is 4.79 Å². The molecule has 0 unspecified atom stereocenters. The van der Waals surface area contributed by atoms with Gasteiger partial charge in [0.25, 0.3) is 5.91 Å². The van der Waals surface area contributed by atoms with Gasteiger partial charge in [-0.05, 0) is 58.7 Å². The number of allylic oxidation sites excluding steroid dienone is 3. The molecule has 1 amide bonds. The third-order valence-electron chi connectivity index (χ3n) is 5.41. The first-order valence-electron chi connectivity index (χ1n) is 9.98. The molecule has 0 spiro atoms. The predicted molar refractivity (Wildman–Crippen MR) is 120 cm³/mol. The van der Waals surface area contributed by atoms with E-state index in [-0.39, 0.29) is 23.0 Å². The molecule has 1 fully saturated rings. The summed E-state index contributed by atoms with van der Waals surface area (Å²) in [6, 6.07) is 3.90. The standard InChI is InChI=1S/C22H27N5OS/c1-21(2)11-14(12-22(3,4)27-21)24-20(28)15-10-13(7-8-17(15)29)18-25-16-6-5-9-23-19(16)26-18/h5-7,9-10,14,27H,8,11-12H2,1-4H3,(H,24,28)(H,23,25,26). The van der Waals surface area contributed by atoms with Crippen LogP contribution in [0.25, 0.3) is 16.7 Å². The van der Waals surface area contributed by atoms with E-state index < -0.39 is 0 Å². The molecule has 0 radical (unpaired) electrons. The van der Waals surface area contributed by atoms with E-state index in [1.807, 2.05) is 24.3 Å². The normalized spacial score (nSPS) is 21.6. The molecule has 4 rings (SSSR count). The van der Waals surface area contributed by atoms with Crippen molar-refractivity contribution in [3.63, 3.8) is 0 Å². The van der Waals surface area contributed by atoms with Crippen molar-refractivity contribution >= 4 is 39.7 Å². The van der Waals surface area contributed by atoms with Crippen LogP contribution < -0.4 is 10.6 Å². The Morgan fingerprint density at radius 2 is 1.97 bits per heavy atom. The van der Waals surface area contributed by atoms with Gasteiger partial charge < -0.3 is 15.6 Å². The van der Waals surface area contributed by atoms with E-state index in [1.54, 1.807) is 6.20 Å². The summed E-state index contributed by atoms with van der Waals surface area (Å²) in [5.74, 6) is 0.601. The Balaban J connectivity index is 1.55. The fourth-order valence-corrected chi connectivity index (χ4v) is 4.87. The van der Waals surface area contributed by atoms with E-state index >= 15 is 0 Å². The molecule has 2 aromatic rings. The Bertz CT molecular complexity index is 997. The topological polar surface area (TPSA) is 82.7 Å². The predicted octanol–water partition coefficient (Wildman–Crippen LogP) is 3.47. The van der Waals surface area contributed by atoms with Crippen molar-refractivity contribution in [2.75, 3.05) is 0 Å². The number of carbonyl (C=O) groups excluding carboxylic acids is 1. The maximum atomic E-state index is 13.1. The van der Waals surface area contributed by atoms with Crippen LogP contribution in [0.5, 0.6) is 0 Å². The Morgan fingerprint density at radius 1 is 1.24 bits per heavy atom. The molecule has 0 atom stereocenters. The molecule has 3 N–H and O–H groups in total. The number of imidazole rings is 1. The second-order valence-corrected chi connectivity index (χ2v) is 9.77. The number of H-pyrrole nitrogens is 1. The quantitative estimate of drug-likeness (QED) is 0.676. The zero-order chi connectivity index (χ0) is 20.8. The maximum absolute atomic E-state index is 13.1. The first-order chi connectivity index (χ1) is 13.6. The molecule has 0 aromatic carbocycles. The van der Waals surface area contributed by atoms with Gasteiger partial charge in [0, 0.05) is 40.2 Å². The van der Waals surface area contributed by atoms with E-state index in [2.05, 4.69) is 53.3 Å². The molecule has 7 heteroatoms. The highest BCUT2D eigenvalue weighted by molar-refractivity contribution is 7.81. The van der Waals surface area contributed by atoms with Crippen LogP contribution in [0.3, 0.4) is 0 Å². The number of thiocarbonyl (C=S) groups is 1. The van der Waals surface area contributed by atoms with Crippen LogP contribution in [0.4, 0.5) is 0 Å². The highest BCUT2D eigenvalue weighted by Crippen LogP contribution is 2.29. The molecule has 1 aliphatic heterocycles. The maximum Gasteiger partial charge on any atom is 0.252 e. The molecule has 29 heavy (non-hydrogen) atoms. The summed E-state index contributed by atoms with van der Waals surface area (Å²) < 4.78 is 0. The van der Waals surface area contributed by atoms with Crippen molar-refractivity contribution in [1.29, 1.82) is 0 Å². The van der Waals surface area contributed by atoms with Gasteiger partial charge in [0.2, 0.25) is 0 Å². The van der Waals surface area contributed by atoms with Gasteiger partial charge in [-0.2, -0.15) is 0 Å². The van der Waals surface area contributed by atoms with Crippen LogP contribution in [0, 0.1) is 0 Å². The third-order valence-corrected chi connectivity index (χ3v) is 5.80. The number of amides is 1. The number of aromatic amines is 1. The zero-order valence-electron chi connectivity index (χ0n) is 17.3. The molecule has 152 valence electrons. The van der Waals surface area contributed by atoms with Crippen LogP contribution in [-0.2, 0) is 4.79 Å². The Labute approximate surface area is 176 Å². The largest absolute Gasteiger partial charge is 0.349 e. The van der Waals surface area contributed by atoms with Crippen molar-refractivity contribution in [1.82, 2.24) is 25.6 Å². The third kappa shape index (κ3) is 4.31. The van der Waals surface area contributed by atoms with Crippen molar-refractivity contribution in [3.05, 3.63) is 41.9 Å². The highest BCUT2D eigenvalue weighted by atomic mass is 32.1. The molecule has 2 aromatic heterocycles. The highest BCUT2D eigenvalue weighted by Gasteiger charge is 2.38. The van der Waals surface area contributed by atoms with Crippen molar-refractivity contribution in [2.45, 2.75) is 64.1 Å². The second kappa shape index (κ2) is 7.15. The van der Waals surface area contributed by atoms with Gasteiger partial charge >= 0.3 is 0 Å². The van der Waals surface area contributed by atoms with Crippen molar-refractivity contribution in [2.24, 2.45) is 0 Å². The Morgan fingerprint density at radius 3 is 2.66 bits per heavy atom. The number of pyridine rings is 1. The lowest BCUT2D eigenvalue weighted by Gasteiger charge is -2.46. The Hall–Kier alpha value is -2.38. The van der Waals surface area contributed by atoms with Crippen LogP contribution in [0.2, 0.25) is 0 Å². The fraction of sp³-hybridized carbons (Fsp3) is 0.455. The summed E-state index contributed by atoms with van der Waals surface area (Å²) in [5.41, 5.74) is 2.89. The number of aromatic nitrogens is 3. The summed E-state index contributed by atoms with van der Waals surface area (Å²) in [5, 5.41) is 6.87. The van der Waals surface area contributed by atoms with E-state index in [4.69, 9.17) is 12.2 Å². The number of hydrogen-bond acceptors (Lipinski definition) is 5. The van der Waals surface area contributed by atoms with E-state index in [1.165, 1.54) is 0 Å². The van der Waals surface area contributed by atoms with Gasteiger partial charge in [-0.3, -0.25) is 4.79 Å². The number of fused-ring (bicyclic) bond motifs is 1. The first-order valence-corrected chi connectivity index (χ1v) is 10.4. The van der Waals surface area contributed by atoms with Gasteiger partial charge in [-0.25, -0.2) is 9.97 Å². The van der Waals surface area contributed by atoms with Crippen molar-refractivity contribution in [3.8, 4) is 0 Å². The summed E-state index contributed by atoms with van der Waals surface area (Å²) in [4.78, 5) is 25.8. The first kappa shape index (κ1) is 19.9. The van der Waals surface area contributed by atoms with Gasteiger partial charge in [0.05, 0.1) is 11.1 Å². The van der Waals surface area contributed by atoms with Crippen LogP contribution in [0.15, 0.2) is 36.1 Å². The summed E-state index contributed by atoms with van der Waals surface area (Å²) in [7, 11) is 0. The van der Waals surface area contributed by atoms with E-state index in [0.717, 1.165) is 23.9 Å². The lowest BCUT2D eigenvalue weighted by atomic mass is 9.79. The average Bonchev–Trinajstić information content (AvgIpc) is 3.03.